The fraction of sp³-hybridized carbons (Fsp3) is 0.267. The van der Waals surface area contributed by atoms with E-state index in [4.69, 9.17) is 10.2 Å². The molecule has 1 heterocycles. The molecule has 0 aliphatic rings. The van der Waals surface area contributed by atoms with Crippen molar-refractivity contribution in [2.75, 3.05) is 0 Å². The maximum Gasteiger partial charge on any atom is 0.328 e. The summed E-state index contributed by atoms with van der Waals surface area (Å²) >= 11 is 0. The Morgan fingerprint density at radius 2 is 1.84 bits per heavy atom. The highest BCUT2D eigenvalue weighted by Gasteiger charge is 2.23. The minimum Gasteiger partial charge on any atom is -0.481 e. The standard InChI is InChI=1S/C15H15N3O7/c19-11(16-10(14(23)24)7-12(20)21)5-6-18-13(22)8-3-1-2-4-9(8)17-15(18)25/h1-4,10H,5-7H2,(H,16,19)(H,17,25)(H,20,21)(H,23,24). The molecule has 2 rings (SSSR count). The summed E-state index contributed by atoms with van der Waals surface area (Å²) in [5.74, 6) is -3.65. The van der Waals surface area contributed by atoms with Crippen LogP contribution in [0.4, 0.5) is 0 Å². The number of nitrogens with one attached hydrogen (secondary N) is 2. The Hall–Kier alpha value is -3.43. The van der Waals surface area contributed by atoms with Gasteiger partial charge < -0.3 is 20.5 Å². The molecule has 132 valence electrons. The van der Waals surface area contributed by atoms with Crippen molar-refractivity contribution in [1.82, 2.24) is 14.9 Å². The summed E-state index contributed by atoms with van der Waals surface area (Å²) < 4.78 is 0.828. The second-order valence-electron chi connectivity index (χ2n) is 5.24. The number of amides is 1. The summed E-state index contributed by atoms with van der Waals surface area (Å²) in [5, 5.41) is 19.8. The van der Waals surface area contributed by atoms with Gasteiger partial charge in [-0.15, -0.1) is 0 Å². The summed E-state index contributed by atoms with van der Waals surface area (Å²) in [6, 6.07) is 4.79. The first kappa shape index (κ1) is 17.9. The van der Waals surface area contributed by atoms with Crippen molar-refractivity contribution in [3.8, 4) is 0 Å². The highest BCUT2D eigenvalue weighted by atomic mass is 16.4. The number of hydrogen-bond donors (Lipinski definition) is 4. The molecule has 1 unspecified atom stereocenters. The van der Waals surface area contributed by atoms with E-state index in [-0.39, 0.29) is 18.4 Å². The summed E-state index contributed by atoms with van der Waals surface area (Å²) in [7, 11) is 0. The van der Waals surface area contributed by atoms with Crippen LogP contribution in [-0.4, -0.2) is 43.7 Å². The first-order chi connectivity index (χ1) is 11.8. The molecule has 10 heteroatoms. The topological polar surface area (TPSA) is 159 Å². The molecule has 0 saturated heterocycles. The van der Waals surface area contributed by atoms with Gasteiger partial charge in [0.25, 0.3) is 5.56 Å². The monoisotopic (exact) mass is 349 g/mol. The molecule has 0 radical (unpaired) electrons. The Kier molecular flexibility index (Phi) is 5.32. The average molecular weight is 349 g/mol. The van der Waals surface area contributed by atoms with E-state index in [1.165, 1.54) is 6.07 Å². The molecule has 1 aromatic carbocycles. The maximum absolute atomic E-state index is 12.3. The normalized spacial score (nSPS) is 11.8. The molecular formula is C15H15N3O7. The fourth-order valence-corrected chi connectivity index (χ4v) is 2.26. The maximum atomic E-state index is 12.3. The van der Waals surface area contributed by atoms with Crippen molar-refractivity contribution in [2.24, 2.45) is 0 Å². The number of nitrogens with zero attached hydrogens (tertiary/aromatic N) is 1. The predicted octanol–water partition coefficient (Wildman–Crippen LogP) is -0.876. The van der Waals surface area contributed by atoms with E-state index >= 15 is 0 Å². The zero-order chi connectivity index (χ0) is 18.6. The van der Waals surface area contributed by atoms with Crippen LogP contribution in [0.5, 0.6) is 0 Å². The van der Waals surface area contributed by atoms with E-state index in [0.717, 1.165) is 4.57 Å². The number of aromatic nitrogens is 2. The third-order valence-electron chi connectivity index (χ3n) is 3.46. The number of para-hydroxylation sites is 1. The smallest absolute Gasteiger partial charge is 0.328 e. The summed E-state index contributed by atoms with van der Waals surface area (Å²) in [6.45, 7) is -0.274. The van der Waals surface area contributed by atoms with Gasteiger partial charge in [0.1, 0.15) is 6.04 Å². The third kappa shape index (κ3) is 4.31. The van der Waals surface area contributed by atoms with Gasteiger partial charge in [-0.25, -0.2) is 9.59 Å². The van der Waals surface area contributed by atoms with Crippen molar-refractivity contribution in [3.63, 3.8) is 0 Å². The summed E-state index contributed by atoms with van der Waals surface area (Å²) in [5.41, 5.74) is -0.908. The lowest BCUT2D eigenvalue weighted by Gasteiger charge is -2.12. The molecule has 0 bridgehead atoms. The lowest BCUT2D eigenvalue weighted by molar-refractivity contribution is -0.147. The Morgan fingerprint density at radius 1 is 1.16 bits per heavy atom. The van der Waals surface area contributed by atoms with Gasteiger partial charge >= 0.3 is 17.6 Å². The molecule has 0 aliphatic carbocycles. The molecule has 0 fully saturated rings. The highest BCUT2D eigenvalue weighted by molar-refractivity contribution is 5.86. The lowest BCUT2D eigenvalue weighted by atomic mass is 10.2. The van der Waals surface area contributed by atoms with Crippen LogP contribution in [0.2, 0.25) is 0 Å². The van der Waals surface area contributed by atoms with Gasteiger partial charge in [-0.05, 0) is 12.1 Å². The summed E-state index contributed by atoms with van der Waals surface area (Å²) in [6.07, 6.45) is -1.14. The Labute approximate surface area is 139 Å². The largest absolute Gasteiger partial charge is 0.481 e. The first-order valence-corrected chi connectivity index (χ1v) is 7.25. The number of aliphatic carboxylic acids is 2. The Balaban J connectivity index is 2.13. The average Bonchev–Trinajstić information content (AvgIpc) is 2.53. The fourth-order valence-electron chi connectivity index (χ4n) is 2.26. The first-order valence-electron chi connectivity index (χ1n) is 7.25. The van der Waals surface area contributed by atoms with Gasteiger partial charge in [0.2, 0.25) is 5.91 Å². The van der Waals surface area contributed by atoms with Gasteiger partial charge in [0.05, 0.1) is 17.3 Å². The molecular weight excluding hydrogens is 334 g/mol. The Morgan fingerprint density at radius 3 is 2.48 bits per heavy atom. The minimum absolute atomic E-state index is 0.274. The van der Waals surface area contributed by atoms with E-state index in [2.05, 4.69) is 4.98 Å². The van der Waals surface area contributed by atoms with E-state index in [9.17, 15) is 24.0 Å². The molecule has 1 atom stereocenters. The van der Waals surface area contributed by atoms with Gasteiger partial charge in [0, 0.05) is 13.0 Å². The number of carbonyl (C=O) groups excluding carboxylic acids is 1. The van der Waals surface area contributed by atoms with E-state index in [1.54, 1.807) is 18.2 Å². The second kappa shape index (κ2) is 7.43. The SMILES string of the molecule is O=C(O)CC(NC(=O)CCn1c(=O)[nH]c2ccccc2c1=O)C(=O)O. The van der Waals surface area contributed by atoms with Crippen molar-refractivity contribution >= 4 is 28.7 Å². The van der Waals surface area contributed by atoms with Crippen LogP contribution in [0.3, 0.4) is 0 Å². The quantitative estimate of drug-likeness (QED) is 0.505. The van der Waals surface area contributed by atoms with E-state index in [1.807, 2.05) is 5.32 Å². The molecule has 1 aromatic heterocycles. The number of H-pyrrole nitrogens is 1. The number of carboxylic acids is 2. The highest BCUT2D eigenvalue weighted by Crippen LogP contribution is 2.03. The Bertz CT molecular complexity index is 944. The van der Waals surface area contributed by atoms with Crippen molar-refractivity contribution in [1.29, 1.82) is 0 Å². The number of rotatable bonds is 7. The van der Waals surface area contributed by atoms with Crippen LogP contribution in [0.15, 0.2) is 33.9 Å². The van der Waals surface area contributed by atoms with Crippen LogP contribution < -0.4 is 16.6 Å². The molecule has 25 heavy (non-hydrogen) atoms. The van der Waals surface area contributed by atoms with Crippen molar-refractivity contribution < 1.29 is 24.6 Å². The number of fused-ring (bicyclic) bond motifs is 1. The van der Waals surface area contributed by atoms with Gasteiger partial charge in [0.15, 0.2) is 0 Å². The minimum atomic E-state index is -1.59. The van der Waals surface area contributed by atoms with Crippen molar-refractivity contribution in [2.45, 2.75) is 25.4 Å². The summed E-state index contributed by atoms with van der Waals surface area (Å²) in [4.78, 5) is 60.0. The molecule has 4 N–H and O–H groups in total. The third-order valence-corrected chi connectivity index (χ3v) is 3.46. The van der Waals surface area contributed by atoms with Gasteiger partial charge in [-0.1, -0.05) is 12.1 Å². The van der Waals surface area contributed by atoms with Gasteiger partial charge in [-0.2, -0.15) is 0 Å². The molecule has 10 nitrogen and oxygen atoms in total. The number of benzene rings is 1. The number of carboxylic acid groups (broad SMARTS) is 2. The lowest BCUT2D eigenvalue weighted by Crippen LogP contribution is -2.43. The second-order valence-corrected chi connectivity index (χ2v) is 5.24. The van der Waals surface area contributed by atoms with Crippen LogP contribution >= 0.6 is 0 Å². The van der Waals surface area contributed by atoms with Crippen LogP contribution in [0, 0.1) is 0 Å². The molecule has 0 aliphatic heterocycles. The number of carbonyl (C=O) groups is 3. The molecule has 1 amide bonds. The number of aromatic amines is 1. The van der Waals surface area contributed by atoms with Gasteiger partial charge in [-0.3, -0.25) is 19.0 Å². The number of hydrogen-bond acceptors (Lipinski definition) is 5. The zero-order valence-corrected chi connectivity index (χ0v) is 12.9. The van der Waals surface area contributed by atoms with Crippen LogP contribution in [0.1, 0.15) is 12.8 Å². The van der Waals surface area contributed by atoms with Crippen LogP contribution in [-0.2, 0) is 20.9 Å². The predicted molar refractivity (Wildman–Crippen MR) is 85.3 cm³/mol. The van der Waals surface area contributed by atoms with Crippen LogP contribution in [0.25, 0.3) is 10.9 Å². The molecule has 2 aromatic rings. The van der Waals surface area contributed by atoms with Crippen molar-refractivity contribution in [3.05, 3.63) is 45.1 Å². The van der Waals surface area contributed by atoms with E-state index < -0.39 is 41.6 Å². The molecule has 0 saturated carbocycles. The molecule has 0 spiro atoms. The van der Waals surface area contributed by atoms with E-state index in [0.29, 0.717) is 5.52 Å². The zero-order valence-electron chi connectivity index (χ0n) is 12.9.